The number of aromatic nitrogens is 3. The third kappa shape index (κ3) is 5.07. The first-order valence-electron chi connectivity index (χ1n) is 11.3. The Balaban J connectivity index is 1.22. The van der Waals surface area contributed by atoms with E-state index in [1.165, 1.54) is 0 Å². The maximum atomic E-state index is 12.7. The largest absolute Gasteiger partial charge is 0.484 e. The number of aryl methyl sites for hydroxylation is 1. The van der Waals surface area contributed by atoms with Gasteiger partial charge < -0.3 is 10.1 Å². The molecule has 0 radical (unpaired) electrons. The lowest BCUT2D eigenvalue weighted by Crippen LogP contribution is -2.44. The van der Waals surface area contributed by atoms with E-state index in [1.54, 1.807) is 22.9 Å². The number of ether oxygens (including phenoxy) is 1. The topological polar surface area (TPSA) is 127 Å². The molecule has 0 atom stereocenters. The summed E-state index contributed by atoms with van der Waals surface area (Å²) in [6, 6.07) is 23.9. The maximum absolute atomic E-state index is 12.7. The zero-order valence-corrected chi connectivity index (χ0v) is 19.1. The highest BCUT2D eigenvalue weighted by Crippen LogP contribution is 2.26. The van der Waals surface area contributed by atoms with Gasteiger partial charge in [-0.2, -0.15) is 0 Å². The van der Waals surface area contributed by atoms with Crippen molar-refractivity contribution in [3.05, 3.63) is 90.3 Å². The third-order valence-electron chi connectivity index (χ3n) is 5.50. The summed E-state index contributed by atoms with van der Waals surface area (Å²) < 4.78 is 7.10. The quantitative estimate of drug-likeness (QED) is 0.363. The lowest BCUT2D eigenvalue weighted by molar-refractivity contribution is -0.123. The minimum atomic E-state index is -0.667. The summed E-state index contributed by atoms with van der Waals surface area (Å²) in [5.74, 6) is -0.367. The van der Waals surface area contributed by atoms with E-state index < -0.39 is 11.8 Å². The summed E-state index contributed by atoms with van der Waals surface area (Å²) in [5.41, 5.74) is 7.86. The van der Waals surface area contributed by atoms with Crippen molar-refractivity contribution in [2.45, 2.75) is 12.8 Å². The average Bonchev–Trinajstić information content (AvgIpc) is 3.37. The molecule has 1 aliphatic rings. The number of carbonyl (C=O) groups excluding carboxylic acids is 3. The molecule has 3 N–H and O–H groups in total. The summed E-state index contributed by atoms with van der Waals surface area (Å²) in [6.07, 6.45) is 1.01. The molecule has 10 nitrogen and oxygen atoms in total. The summed E-state index contributed by atoms with van der Waals surface area (Å²) >= 11 is 0. The highest BCUT2D eigenvalue weighted by Gasteiger charge is 2.19. The third-order valence-corrected chi connectivity index (χ3v) is 5.50. The van der Waals surface area contributed by atoms with Crippen LogP contribution in [0.25, 0.3) is 17.1 Å². The Morgan fingerprint density at radius 1 is 0.944 bits per heavy atom. The SMILES string of the molecule is O=C(COc1ccc2c(c1)CCC(=O)N2)NNC(=O)c1nc(-c2ccccc2)n(-c2ccccc2)n1. The van der Waals surface area contributed by atoms with Gasteiger partial charge >= 0.3 is 5.91 Å². The van der Waals surface area contributed by atoms with Gasteiger partial charge in [-0.15, -0.1) is 5.10 Å². The van der Waals surface area contributed by atoms with Crippen molar-refractivity contribution in [2.75, 3.05) is 11.9 Å². The van der Waals surface area contributed by atoms with Crippen LogP contribution in [-0.4, -0.2) is 39.1 Å². The molecular formula is C26H22N6O4. The van der Waals surface area contributed by atoms with E-state index in [-0.39, 0.29) is 18.3 Å². The second-order valence-corrected chi connectivity index (χ2v) is 8.03. The van der Waals surface area contributed by atoms with Gasteiger partial charge in [0.05, 0.1) is 5.69 Å². The van der Waals surface area contributed by atoms with E-state index in [0.717, 1.165) is 22.5 Å². The minimum absolute atomic E-state index is 0.0229. The molecule has 3 amide bonds. The molecule has 0 unspecified atom stereocenters. The summed E-state index contributed by atoms with van der Waals surface area (Å²) in [6.45, 7) is -0.313. The number of nitrogens with zero attached hydrogens (tertiary/aromatic N) is 3. The average molecular weight is 483 g/mol. The fourth-order valence-electron chi connectivity index (χ4n) is 3.75. The lowest BCUT2D eigenvalue weighted by Gasteiger charge is -2.17. The molecule has 0 saturated heterocycles. The molecule has 36 heavy (non-hydrogen) atoms. The Hall–Kier alpha value is -4.99. The molecule has 180 valence electrons. The van der Waals surface area contributed by atoms with E-state index in [0.29, 0.717) is 24.4 Å². The zero-order chi connectivity index (χ0) is 24.9. The van der Waals surface area contributed by atoms with Crippen molar-refractivity contribution in [2.24, 2.45) is 0 Å². The van der Waals surface area contributed by atoms with Gasteiger partial charge in [0.25, 0.3) is 5.91 Å². The second kappa shape index (κ2) is 10.1. The van der Waals surface area contributed by atoms with Gasteiger partial charge in [-0.3, -0.25) is 25.2 Å². The van der Waals surface area contributed by atoms with Crippen LogP contribution in [0.5, 0.6) is 5.75 Å². The Kier molecular flexibility index (Phi) is 6.39. The number of amides is 3. The molecule has 1 aromatic heterocycles. The molecule has 10 heteroatoms. The van der Waals surface area contributed by atoms with E-state index in [1.807, 2.05) is 60.7 Å². The number of hydrazine groups is 1. The van der Waals surface area contributed by atoms with Gasteiger partial charge in [0, 0.05) is 17.7 Å². The molecule has 1 aliphatic heterocycles. The molecule has 0 saturated carbocycles. The van der Waals surface area contributed by atoms with Crippen molar-refractivity contribution >= 4 is 23.4 Å². The summed E-state index contributed by atoms with van der Waals surface area (Å²) in [7, 11) is 0. The van der Waals surface area contributed by atoms with Gasteiger partial charge in [0.2, 0.25) is 11.7 Å². The summed E-state index contributed by atoms with van der Waals surface area (Å²) in [4.78, 5) is 40.8. The van der Waals surface area contributed by atoms with E-state index >= 15 is 0 Å². The van der Waals surface area contributed by atoms with Crippen LogP contribution in [0, 0.1) is 0 Å². The number of nitrogens with one attached hydrogen (secondary N) is 3. The number of carbonyl (C=O) groups is 3. The Morgan fingerprint density at radius 2 is 1.69 bits per heavy atom. The van der Waals surface area contributed by atoms with Crippen LogP contribution in [0.3, 0.4) is 0 Å². The Labute approximate surface area is 206 Å². The smallest absolute Gasteiger partial charge is 0.309 e. The van der Waals surface area contributed by atoms with Gasteiger partial charge in [0.1, 0.15) is 5.75 Å². The Bertz CT molecular complexity index is 1360. The van der Waals surface area contributed by atoms with Crippen LogP contribution >= 0.6 is 0 Å². The summed E-state index contributed by atoms with van der Waals surface area (Å²) in [5, 5.41) is 7.15. The van der Waals surface area contributed by atoms with E-state index in [2.05, 4.69) is 26.3 Å². The zero-order valence-electron chi connectivity index (χ0n) is 19.1. The minimum Gasteiger partial charge on any atom is -0.484 e. The van der Waals surface area contributed by atoms with Crippen LogP contribution < -0.4 is 20.9 Å². The number of hydrogen-bond acceptors (Lipinski definition) is 6. The standard InChI is InChI=1S/C26H22N6O4/c33-22-14-11-18-15-20(12-13-21(18)27-22)36-16-23(34)29-30-26(35)24-28-25(17-7-3-1-4-8-17)32(31-24)19-9-5-2-6-10-19/h1-10,12-13,15H,11,14,16H2,(H,27,33)(H,29,34)(H,30,35). The molecule has 3 aromatic carbocycles. The van der Waals surface area contributed by atoms with Crippen LogP contribution in [0.15, 0.2) is 78.9 Å². The van der Waals surface area contributed by atoms with Gasteiger partial charge in [0.15, 0.2) is 12.4 Å². The van der Waals surface area contributed by atoms with Crippen LogP contribution in [0.1, 0.15) is 22.6 Å². The van der Waals surface area contributed by atoms with Crippen LogP contribution in [-0.2, 0) is 16.0 Å². The van der Waals surface area contributed by atoms with Crippen LogP contribution in [0.2, 0.25) is 0 Å². The molecule has 0 aliphatic carbocycles. The molecule has 0 spiro atoms. The molecule has 4 aromatic rings. The molecular weight excluding hydrogens is 460 g/mol. The number of rotatable bonds is 6. The van der Waals surface area contributed by atoms with Crippen LogP contribution in [0.4, 0.5) is 5.69 Å². The van der Waals surface area contributed by atoms with Gasteiger partial charge in [-0.1, -0.05) is 48.5 Å². The molecule has 0 fully saturated rings. The fourth-order valence-corrected chi connectivity index (χ4v) is 3.75. The predicted molar refractivity (Wildman–Crippen MR) is 131 cm³/mol. The normalized spacial score (nSPS) is 12.3. The molecule has 2 heterocycles. The van der Waals surface area contributed by atoms with Crippen molar-refractivity contribution in [3.8, 4) is 22.8 Å². The predicted octanol–water partition coefficient (Wildman–Crippen LogP) is 2.66. The Morgan fingerprint density at radius 3 is 2.47 bits per heavy atom. The lowest BCUT2D eigenvalue weighted by atomic mass is 10.0. The number of para-hydroxylation sites is 1. The van der Waals surface area contributed by atoms with Crippen molar-refractivity contribution < 1.29 is 19.1 Å². The van der Waals surface area contributed by atoms with E-state index in [9.17, 15) is 14.4 Å². The maximum Gasteiger partial charge on any atom is 0.309 e. The number of benzene rings is 3. The first-order valence-corrected chi connectivity index (χ1v) is 11.3. The monoisotopic (exact) mass is 482 g/mol. The molecule has 0 bridgehead atoms. The van der Waals surface area contributed by atoms with Crippen molar-refractivity contribution in [1.29, 1.82) is 0 Å². The highest BCUT2D eigenvalue weighted by molar-refractivity contribution is 5.94. The van der Waals surface area contributed by atoms with Gasteiger partial charge in [-0.05, 0) is 42.3 Å². The van der Waals surface area contributed by atoms with Crippen molar-refractivity contribution in [3.63, 3.8) is 0 Å². The first kappa shape index (κ1) is 22.8. The number of hydrogen-bond donors (Lipinski definition) is 3. The van der Waals surface area contributed by atoms with Gasteiger partial charge in [-0.25, -0.2) is 9.67 Å². The molecule has 5 rings (SSSR count). The van der Waals surface area contributed by atoms with E-state index in [4.69, 9.17) is 4.74 Å². The van der Waals surface area contributed by atoms with Crippen molar-refractivity contribution in [1.82, 2.24) is 25.6 Å². The fraction of sp³-hybridized carbons (Fsp3) is 0.115. The highest BCUT2D eigenvalue weighted by atomic mass is 16.5. The number of fused-ring (bicyclic) bond motifs is 1. The second-order valence-electron chi connectivity index (χ2n) is 8.03. The number of anilines is 1. The first-order chi connectivity index (χ1) is 17.6.